The molecule has 0 saturated heterocycles. The normalized spacial score (nSPS) is 29.4. The van der Waals surface area contributed by atoms with Crippen molar-refractivity contribution in [3.63, 3.8) is 0 Å². The maximum atomic E-state index is 9.32. The third kappa shape index (κ3) is 4.52. The van der Waals surface area contributed by atoms with E-state index in [1.54, 1.807) is 0 Å². The summed E-state index contributed by atoms with van der Waals surface area (Å²) in [5, 5.41) is 13.0. The van der Waals surface area contributed by atoms with Gasteiger partial charge in [0.15, 0.2) is 0 Å². The van der Waals surface area contributed by atoms with Crippen LogP contribution in [0, 0.1) is 11.8 Å². The van der Waals surface area contributed by atoms with Crippen molar-refractivity contribution in [1.82, 2.24) is 5.32 Å². The fourth-order valence-corrected chi connectivity index (χ4v) is 2.79. The number of aliphatic hydroxyl groups excluding tert-OH is 1. The molecule has 0 bridgehead atoms. The van der Waals surface area contributed by atoms with Crippen molar-refractivity contribution < 1.29 is 5.11 Å². The van der Waals surface area contributed by atoms with Gasteiger partial charge in [-0.25, -0.2) is 0 Å². The lowest BCUT2D eigenvalue weighted by molar-refractivity contribution is 0.145. The van der Waals surface area contributed by atoms with Gasteiger partial charge in [-0.3, -0.25) is 0 Å². The second kappa shape index (κ2) is 6.49. The van der Waals surface area contributed by atoms with E-state index in [0.29, 0.717) is 24.6 Å². The molecule has 2 nitrogen and oxygen atoms in total. The fraction of sp³-hybridized carbons (Fsp3) is 1.00. The molecule has 0 spiro atoms. The van der Waals surface area contributed by atoms with Crippen LogP contribution in [0.4, 0.5) is 0 Å². The van der Waals surface area contributed by atoms with Gasteiger partial charge in [0.25, 0.3) is 0 Å². The van der Waals surface area contributed by atoms with Crippen LogP contribution in [-0.4, -0.2) is 23.8 Å². The summed E-state index contributed by atoms with van der Waals surface area (Å²) >= 11 is 0. The fourth-order valence-electron chi connectivity index (χ4n) is 2.79. The summed E-state index contributed by atoms with van der Waals surface area (Å²) in [5.41, 5.74) is 0. The van der Waals surface area contributed by atoms with Gasteiger partial charge in [0.05, 0.1) is 0 Å². The standard InChI is InChI=1S/C13H27NO/c1-10(2)8-11(3)14-13-7-5-4-6-12(13)9-15/h10-15H,4-9H2,1-3H3. The Hall–Kier alpha value is -0.0800. The molecule has 2 N–H and O–H groups in total. The topological polar surface area (TPSA) is 32.3 Å². The quantitative estimate of drug-likeness (QED) is 0.735. The first-order valence-electron chi connectivity index (χ1n) is 6.50. The van der Waals surface area contributed by atoms with Crippen LogP contribution in [0.1, 0.15) is 52.9 Å². The smallest absolute Gasteiger partial charge is 0.0474 e. The lowest BCUT2D eigenvalue weighted by Gasteiger charge is -2.33. The van der Waals surface area contributed by atoms with Gasteiger partial charge in [-0.1, -0.05) is 26.7 Å². The van der Waals surface area contributed by atoms with Gasteiger partial charge in [0.1, 0.15) is 0 Å². The van der Waals surface area contributed by atoms with Crippen molar-refractivity contribution in [2.45, 2.75) is 65.0 Å². The minimum Gasteiger partial charge on any atom is -0.396 e. The average Bonchev–Trinajstić information content (AvgIpc) is 2.17. The van der Waals surface area contributed by atoms with Crippen molar-refractivity contribution in [2.24, 2.45) is 11.8 Å². The zero-order chi connectivity index (χ0) is 11.3. The van der Waals surface area contributed by atoms with E-state index < -0.39 is 0 Å². The lowest BCUT2D eigenvalue weighted by atomic mass is 9.84. The molecule has 15 heavy (non-hydrogen) atoms. The van der Waals surface area contributed by atoms with Crippen LogP contribution >= 0.6 is 0 Å². The molecule has 1 aliphatic rings. The molecule has 2 heteroatoms. The van der Waals surface area contributed by atoms with Gasteiger partial charge in [-0.2, -0.15) is 0 Å². The van der Waals surface area contributed by atoms with E-state index in [1.807, 2.05) is 0 Å². The van der Waals surface area contributed by atoms with E-state index in [2.05, 4.69) is 26.1 Å². The summed E-state index contributed by atoms with van der Waals surface area (Å²) in [6, 6.07) is 1.14. The SMILES string of the molecule is CC(C)CC(C)NC1CCCCC1CO. The van der Waals surface area contributed by atoms with E-state index >= 15 is 0 Å². The molecule has 1 saturated carbocycles. The van der Waals surface area contributed by atoms with Crippen LogP contribution in [0.25, 0.3) is 0 Å². The first-order valence-corrected chi connectivity index (χ1v) is 6.50. The highest BCUT2D eigenvalue weighted by Gasteiger charge is 2.25. The summed E-state index contributed by atoms with van der Waals surface area (Å²) in [6.45, 7) is 7.15. The maximum absolute atomic E-state index is 9.32. The molecule has 0 aromatic rings. The minimum absolute atomic E-state index is 0.353. The molecule has 0 aromatic heterocycles. The van der Waals surface area contributed by atoms with Crippen LogP contribution < -0.4 is 5.32 Å². The molecule has 1 fully saturated rings. The van der Waals surface area contributed by atoms with E-state index in [-0.39, 0.29) is 0 Å². The van der Waals surface area contributed by atoms with Gasteiger partial charge in [0.2, 0.25) is 0 Å². The largest absolute Gasteiger partial charge is 0.396 e. The van der Waals surface area contributed by atoms with Gasteiger partial charge >= 0.3 is 0 Å². The Bertz CT molecular complexity index is 170. The molecule has 90 valence electrons. The second-order valence-corrected chi connectivity index (χ2v) is 5.53. The summed E-state index contributed by atoms with van der Waals surface area (Å²) in [4.78, 5) is 0. The van der Waals surface area contributed by atoms with Gasteiger partial charge in [-0.15, -0.1) is 0 Å². The van der Waals surface area contributed by atoms with Crippen molar-refractivity contribution in [3.8, 4) is 0 Å². The van der Waals surface area contributed by atoms with Crippen LogP contribution in [0.15, 0.2) is 0 Å². The van der Waals surface area contributed by atoms with Gasteiger partial charge in [-0.05, 0) is 38.0 Å². The average molecular weight is 213 g/mol. The Balaban J connectivity index is 2.33. The van der Waals surface area contributed by atoms with Crippen LogP contribution in [0.2, 0.25) is 0 Å². The molecule has 0 amide bonds. The lowest BCUT2D eigenvalue weighted by Crippen LogP contribution is -2.44. The third-order valence-electron chi connectivity index (χ3n) is 3.47. The molecule has 0 heterocycles. The molecule has 1 aliphatic carbocycles. The molecule has 3 unspecified atom stereocenters. The molecule has 0 aromatic carbocycles. The van der Waals surface area contributed by atoms with Gasteiger partial charge in [0, 0.05) is 18.7 Å². The predicted molar refractivity (Wildman–Crippen MR) is 64.9 cm³/mol. The zero-order valence-corrected chi connectivity index (χ0v) is 10.5. The molecular weight excluding hydrogens is 186 g/mol. The first-order chi connectivity index (χ1) is 7.13. The van der Waals surface area contributed by atoms with E-state index in [4.69, 9.17) is 0 Å². The third-order valence-corrected chi connectivity index (χ3v) is 3.47. The number of hydrogen-bond donors (Lipinski definition) is 2. The Morgan fingerprint density at radius 1 is 1.20 bits per heavy atom. The molecule has 1 rings (SSSR count). The van der Waals surface area contributed by atoms with Crippen LogP contribution in [0.5, 0.6) is 0 Å². The highest BCUT2D eigenvalue weighted by molar-refractivity contribution is 4.82. The summed E-state index contributed by atoms with van der Waals surface area (Å²) in [6.07, 6.45) is 6.29. The highest BCUT2D eigenvalue weighted by Crippen LogP contribution is 2.24. The first kappa shape index (κ1) is 13.0. The van der Waals surface area contributed by atoms with Crippen molar-refractivity contribution in [1.29, 1.82) is 0 Å². The number of nitrogens with one attached hydrogen (secondary N) is 1. The van der Waals surface area contributed by atoms with Crippen molar-refractivity contribution >= 4 is 0 Å². The minimum atomic E-state index is 0.353. The van der Waals surface area contributed by atoms with E-state index in [0.717, 1.165) is 5.92 Å². The monoisotopic (exact) mass is 213 g/mol. The molecular formula is C13H27NO. The summed E-state index contributed by atoms with van der Waals surface area (Å²) in [5.74, 6) is 1.25. The van der Waals surface area contributed by atoms with Crippen LogP contribution in [-0.2, 0) is 0 Å². The number of rotatable bonds is 5. The maximum Gasteiger partial charge on any atom is 0.0474 e. The molecule has 0 aliphatic heterocycles. The summed E-state index contributed by atoms with van der Waals surface area (Å²) < 4.78 is 0. The zero-order valence-electron chi connectivity index (χ0n) is 10.5. The molecule has 3 atom stereocenters. The van der Waals surface area contributed by atoms with Crippen molar-refractivity contribution in [2.75, 3.05) is 6.61 Å². The van der Waals surface area contributed by atoms with Crippen LogP contribution in [0.3, 0.4) is 0 Å². The van der Waals surface area contributed by atoms with E-state index in [1.165, 1.54) is 32.1 Å². The van der Waals surface area contributed by atoms with Crippen molar-refractivity contribution in [3.05, 3.63) is 0 Å². The second-order valence-electron chi connectivity index (χ2n) is 5.53. The van der Waals surface area contributed by atoms with Gasteiger partial charge < -0.3 is 10.4 Å². The predicted octanol–water partition coefficient (Wildman–Crippen LogP) is 2.56. The summed E-state index contributed by atoms with van der Waals surface area (Å²) in [7, 11) is 0. The molecule has 0 radical (unpaired) electrons. The Morgan fingerprint density at radius 3 is 2.47 bits per heavy atom. The van der Waals surface area contributed by atoms with E-state index in [9.17, 15) is 5.11 Å². The Kier molecular flexibility index (Phi) is 5.62. The number of aliphatic hydroxyl groups is 1. The Labute approximate surface area is 94.5 Å². The highest BCUT2D eigenvalue weighted by atomic mass is 16.3. The Morgan fingerprint density at radius 2 is 1.87 bits per heavy atom. The number of hydrogen-bond acceptors (Lipinski definition) is 2.